The van der Waals surface area contributed by atoms with Crippen LogP contribution < -0.4 is 5.73 Å². The first-order valence-electron chi connectivity index (χ1n) is 4.90. The van der Waals surface area contributed by atoms with Gasteiger partial charge in [0.15, 0.2) is 5.82 Å². The first-order valence-corrected chi connectivity index (χ1v) is 4.90. The summed E-state index contributed by atoms with van der Waals surface area (Å²) in [5, 5.41) is 11.5. The third-order valence-electron chi connectivity index (χ3n) is 2.41. The van der Waals surface area contributed by atoms with Gasteiger partial charge in [0.25, 0.3) is 0 Å². The molecule has 6 heteroatoms. The maximum atomic E-state index is 5.76. The maximum Gasteiger partial charge on any atom is 0.168 e. The van der Waals surface area contributed by atoms with Gasteiger partial charge < -0.3 is 10.5 Å². The van der Waals surface area contributed by atoms with E-state index in [-0.39, 0.29) is 12.1 Å². The molecule has 6 nitrogen and oxygen atoms in total. The van der Waals surface area contributed by atoms with Crippen LogP contribution in [0.4, 0.5) is 0 Å². The lowest BCUT2D eigenvalue weighted by molar-refractivity contribution is 0.0528. The van der Waals surface area contributed by atoms with Gasteiger partial charge >= 0.3 is 0 Å². The van der Waals surface area contributed by atoms with Crippen LogP contribution in [0.5, 0.6) is 0 Å². The fourth-order valence-corrected chi connectivity index (χ4v) is 1.68. The number of hydrogen-bond acceptors (Lipinski definition) is 5. The van der Waals surface area contributed by atoms with E-state index in [0.717, 1.165) is 25.3 Å². The van der Waals surface area contributed by atoms with Crippen LogP contribution in [-0.4, -0.2) is 33.4 Å². The van der Waals surface area contributed by atoms with Gasteiger partial charge in [0.05, 0.1) is 18.7 Å². The molecule has 1 aromatic heterocycles. The van der Waals surface area contributed by atoms with Crippen LogP contribution in [0, 0.1) is 0 Å². The fourth-order valence-electron chi connectivity index (χ4n) is 1.68. The van der Waals surface area contributed by atoms with E-state index in [0.29, 0.717) is 6.61 Å². The summed E-state index contributed by atoms with van der Waals surface area (Å²) in [5.41, 5.74) is 5.76. The Labute approximate surface area is 82.4 Å². The molecule has 2 N–H and O–H groups in total. The molecule has 2 heterocycles. The minimum absolute atomic E-state index is 0.132. The highest BCUT2D eigenvalue weighted by Gasteiger charge is 2.21. The molecule has 0 aromatic carbocycles. The number of hydrogen-bond donors (Lipinski definition) is 1. The van der Waals surface area contributed by atoms with Gasteiger partial charge in [-0.1, -0.05) is 0 Å². The van der Waals surface area contributed by atoms with Crippen LogP contribution in [0.3, 0.4) is 0 Å². The monoisotopic (exact) mass is 197 g/mol. The zero-order valence-electron chi connectivity index (χ0n) is 8.26. The Morgan fingerprint density at radius 3 is 3.14 bits per heavy atom. The third-order valence-corrected chi connectivity index (χ3v) is 2.41. The van der Waals surface area contributed by atoms with Crippen molar-refractivity contribution in [3.63, 3.8) is 0 Å². The molecule has 0 radical (unpaired) electrons. The molecule has 2 atom stereocenters. The van der Waals surface area contributed by atoms with Crippen molar-refractivity contribution in [3.8, 4) is 0 Å². The molecule has 2 unspecified atom stereocenters. The summed E-state index contributed by atoms with van der Waals surface area (Å²) >= 11 is 0. The molecular formula is C8H15N5O. The lowest BCUT2D eigenvalue weighted by Gasteiger charge is -2.23. The summed E-state index contributed by atoms with van der Waals surface area (Å²) in [7, 11) is 0. The summed E-state index contributed by atoms with van der Waals surface area (Å²) < 4.78 is 7.18. The van der Waals surface area contributed by atoms with Crippen molar-refractivity contribution in [2.75, 3.05) is 13.2 Å². The van der Waals surface area contributed by atoms with Crippen LogP contribution >= 0.6 is 0 Å². The highest BCUT2D eigenvalue weighted by molar-refractivity contribution is 4.90. The van der Waals surface area contributed by atoms with Crippen molar-refractivity contribution < 1.29 is 4.74 Å². The van der Waals surface area contributed by atoms with Crippen LogP contribution in [0.2, 0.25) is 0 Å². The first-order chi connectivity index (χ1) is 6.79. The molecule has 1 fully saturated rings. The Morgan fingerprint density at radius 2 is 2.50 bits per heavy atom. The Hall–Kier alpha value is -1.01. The molecule has 0 spiro atoms. The van der Waals surface area contributed by atoms with Crippen molar-refractivity contribution in [2.24, 2.45) is 5.73 Å². The lowest BCUT2D eigenvalue weighted by atomic mass is 10.1. The van der Waals surface area contributed by atoms with Crippen molar-refractivity contribution in [3.05, 3.63) is 5.82 Å². The summed E-state index contributed by atoms with van der Waals surface area (Å²) in [4.78, 5) is 0. The maximum absolute atomic E-state index is 5.76. The Morgan fingerprint density at radius 1 is 1.64 bits per heavy atom. The van der Waals surface area contributed by atoms with Crippen molar-refractivity contribution in [1.29, 1.82) is 0 Å². The second kappa shape index (κ2) is 4.02. The van der Waals surface area contributed by atoms with Crippen molar-refractivity contribution in [1.82, 2.24) is 20.2 Å². The predicted octanol–water partition coefficient (Wildman–Crippen LogP) is 0.0443. The Bertz CT molecular complexity index is 292. The average molecular weight is 197 g/mol. The Balaban J connectivity index is 2.17. The molecule has 1 aliphatic heterocycles. The van der Waals surface area contributed by atoms with E-state index in [2.05, 4.69) is 15.5 Å². The lowest BCUT2D eigenvalue weighted by Crippen LogP contribution is -2.26. The molecule has 14 heavy (non-hydrogen) atoms. The number of nitrogens with two attached hydrogens (primary N) is 1. The minimum atomic E-state index is -0.132. The van der Waals surface area contributed by atoms with E-state index in [4.69, 9.17) is 10.5 Å². The molecule has 0 amide bonds. The normalized spacial score (nSPS) is 24.9. The molecule has 0 bridgehead atoms. The van der Waals surface area contributed by atoms with Gasteiger partial charge in [0, 0.05) is 6.61 Å². The van der Waals surface area contributed by atoms with E-state index in [9.17, 15) is 0 Å². The average Bonchev–Trinajstić information content (AvgIpc) is 2.67. The van der Waals surface area contributed by atoms with Gasteiger partial charge in [0.2, 0.25) is 0 Å². The molecule has 2 rings (SSSR count). The molecule has 78 valence electrons. The summed E-state index contributed by atoms with van der Waals surface area (Å²) in [5.74, 6) is 0.737. The standard InChI is InChI=1S/C8H15N5O/c1-6(9)8-10-11-12-13(8)7-3-2-4-14-5-7/h6-7H,2-5,9H2,1H3. The molecule has 1 aliphatic rings. The van der Waals surface area contributed by atoms with E-state index in [1.807, 2.05) is 6.92 Å². The highest BCUT2D eigenvalue weighted by Crippen LogP contribution is 2.20. The number of tetrazole rings is 1. The number of rotatable bonds is 2. The fraction of sp³-hybridized carbons (Fsp3) is 0.875. The zero-order valence-corrected chi connectivity index (χ0v) is 8.26. The van der Waals surface area contributed by atoms with E-state index >= 15 is 0 Å². The van der Waals surface area contributed by atoms with Gasteiger partial charge in [-0.05, 0) is 30.2 Å². The second-order valence-corrected chi connectivity index (χ2v) is 3.64. The van der Waals surface area contributed by atoms with Gasteiger partial charge in [-0.2, -0.15) is 0 Å². The van der Waals surface area contributed by atoms with Crippen LogP contribution in [0.15, 0.2) is 0 Å². The SMILES string of the molecule is CC(N)c1nnnn1C1CCCOC1. The third kappa shape index (κ3) is 1.76. The molecule has 0 aliphatic carbocycles. The smallest absolute Gasteiger partial charge is 0.168 e. The first kappa shape index (κ1) is 9.54. The molecule has 1 saturated heterocycles. The van der Waals surface area contributed by atoms with Gasteiger partial charge in [-0.3, -0.25) is 0 Å². The number of ether oxygens (including phenoxy) is 1. The Kier molecular flexibility index (Phi) is 2.74. The molecule has 1 aromatic rings. The van der Waals surface area contributed by atoms with Crippen molar-refractivity contribution >= 4 is 0 Å². The van der Waals surface area contributed by atoms with Crippen LogP contribution in [-0.2, 0) is 4.74 Å². The zero-order chi connectivity index (χ0) is 9.97. The summed E-state index contributed by atoms with van der Waals surface area (Å²) in [6.45, 7) is 3.41. The van der Waals surface area contributed by atoms with Gasteiger partial charge in [-0.15, -0.1) is 5.10 Å². The van der Waals surface area contributed by atoms with E-state index < -0.39 is 0 Å². The highest BCUT2D eigenvalue weighted by atomic mass is 16.5. The number of aromatic nitrogens is 4. The van der Waals surface area contributed by atoms with Gasteiger partial charge in [-0.25, -0.2) is 4.68 Å². The molecule has 0 saturated carbocycles. The van der Waals surface area contributed by atoms with E-state index in [1.54, 1.807) is 4.68 Å². The topological polar surface area (TPSA) is 78.9 Å². The summed E-state index contributed by atoms with van der Waals surface area (Å²) in [6, 6.07) is 0.117. The van der Waals surface area contributed by atoms with Crippen LogP contribution in [0.1, 0.15) is 37.7 Å². The quantitative estimate of drug-likeness (QED) is 0.724. The van der Waals surface area contributed by atoms with E-state index in [1.165, 1.54) is 0 Å². The van der Waals surface area contributed by atoms with Crippen molar-refractivity contribution in [2.45, 2.75) is 31.8 Å². The largest absolute Gasteiger partial charge is 0.379 e. The summed E-state index contributed by atoms with van der Waals surface area (Å²) in [6.07, 6.45) is 2.12. The van der Waals surface area contributed by atoms with Gasteiger partial charge in [0.1, 0.15) is 0 Å². The number of nitrogens with zero attached hydrogens (tertiary/aromatic N) is 4. The minimum Gasteiger partial charge on any atom is -0.379 e. The van der Waals surface area contributed by atoms with Crippen LogP contribution in [0.25, 0.3) is 0 Å². The second-order valence-electron chi connectivity index (χ2n) is 3.64. The molecular weight excluding hydrogens is 182 g/mol. The predicted molar refractivity (Wildman–Crippen MR) is 49.5 cm³/mol.